The van der Waals surface area contributed by atoms with Crippen molar-refractivity contribution in [3.63, 3.8) is 0 Å². The first-order valence-corrected chi connectivity index (χ1v) is 5.97. The summed E-state index contributed by atoms with van der Waals surface area (Å²) in [4.78, 5) is 8.41. The maximum Gasteiger partial charge on any atom is 0.158 e. The summed E-state index contributed by atoms with van der Waals surface area (Å²) in [5.74, 6) is 1.30. The van der Waals surface area contributed by atoms with E-state index in [0.29, 0.717) is 17.6 Å². The fourth-order valence-corrected chi connectivity index (χ4v) is 2.04. The molecule has 2 heterocycles. The van der Waals surface area contributed by atoms with Crippen molar-refractivity contribution in [1.29, 1.82) is 0 Å². The molecule has 0 spiro atoms. The third-order valence-electron chi connectivity index (χ3n) is 2.72. The van der Waals surface area contributed by atoms with Crippen LogP contribution in [0.5, 0.6) is 0 Å². The van der Waals surface area contributed by atoms with Crippen LogP contribution in [-0.2, 0) is 16.1 Å². The van der Waals surface area contributed by atoms with Gasteiger partial charge in [0.1, 0.15) is 17.6 Å². The molecule has 0 bridgehead atoms. The highest BCUT2D eigenvalue weighted by Gasteiger charge is 2.24. The summed E-state index contributed by atoms with van der Waals surface area (Å²) >= 11 is 5.93. The number of nitrogens with zero attached hydrogens (tertiary/aromatic N) is 2. The maximum atomic E-state index is 5.93. The first-order valence-electron chi connectivity index (χ1n) is 5.59. The van der Waals surface area contributed by atoms with Gasteiger partial charge in [0.2, 0.25) is 0 Å². The van der Waals surface area contributed by atoms with Gasteiger partial charge in [0.25, 0.3) is 0 Å². The average molecular weight is 258 g/mol. The van der Waals surface area contributed by atoms with E-state index < -0.39 is 0 Å². The van der Waals surface area contributed by atoms with Gasteiger partial charge in [-0.2, -0.15) is 0 Å². The Balaban J connectivity index is 2.09. The van der Waals surface area contributed by atoms with E-state index in [0.717, 1.165) is 18.8 Å². The lowest BCUT2D eigenvalue weighted by Crippen LogP contribution is -2.27. The van der Waals surface area contributed by atoms with Crippen LogP contribution < -0.4 is 5.32 Å². The van der Waals surface area contributed by atoms with Crippen LogP contribution >= 0.6 is 11.6 Å². The molecule has 2 atom stereocenters. The Labute approximate surface area is 105 Å². The molecule has 1 aliphatic rings. The summed E-state index contributed by atoms with van der Waals surface area (Å²) < 4.78 is 10.5. The summed E-state index contributed by atoms with van der Waals surface area (Å²) in [7, 11) is 1.60. The zero-order valence-corrected chi connectivity index (χ0v) is 10.7. The molecule has 2 unspecified atom stereocenters. The Morgan fingerprint density at radius 3 is 3.06 bits per heavy atom. The summed E-state index contributed by atoms with van der Waals surface area (Å²) in [6.45, 7) is 3.18. The van der Waals surface area contributed by atoms with Gasteiger partial charge in [0, 0.05) is 19.8 Å². The highest BCUT2D eigenvalue weighted by atomic mass is 35.5. The molecule has 1 fully saturated rings. The van der Waals surface area contributed by atoms with E-state index in [-0.39, 0.29) is 12.1 Å². The van der Waals surface area contributed by atoms with Gasteiger partial charge in [-0.25, -0.2) is 9.97 Å². The third-order valence-corrected chi connectivity index (χ3v) is 2.92. The molecule has 1 aliphatic heterocycles. The number of methoxy groups -OCH3 is 1. The molecule has 94 valence electrons. The van der Waals surface area contributed by atoms with Crippen LogP contribution in [0.15, 0.2) is 6.07 Å². The topological polar surface area (TPSA) is 56.3 Å². The fourth-order valence-electron chi connectivity index (χ4n) is 1.84. The SMILES string of the molecule is COCc1nc(Cl)cc(NC2CCOC2C)n1. The Kier molecular flexibility index (Phi) is 4.15. The van der Waals surface area contributed by atoms with Crippen molar-refractivity contribution in [3.05, 3.63) is 17.0 Å². The van der Waals surface area contributed by atoms with Crippen LogP contribution in [0.2, 0.25) is 5.15 Å². The van der Waals surface area contributed by atoms with Gasteiger partial charge >= 0.3 is 0 Å². The second kappa shape index (κ2) is 5.62. The van der Waals surface area contributed by atoms with Crippen molar-refractivity contribution < 1.29 is 9.47 Å². The minimum Gasteiger partial charge on any atom is -0.377 e. The Hall–Kier alpha value is -0.910. The molecule has 6 heteroatoms. The lowest BCUT2D eigenvalue weighted by molar-refractivity contribution is 0.121. The number of rotatable bonds is 4. The second-order valence-corrected chi connectivity index (χ2v) is 4.43. The van der Waals surface area contributed by atoms with E-state index in [1.165, 1.54) is 0 Å². The number of ether oxygens (including phenoxy) is 2. The average Bonchev–Trinajstić information content (AvgIpc) is 2.64. The van der Waals surface area contributed by atoms with Crippen molar-refractivity contribution in [2.75, 3.05) is 19.0 Å². The molecule has 0 amide bonds. The van der Waals surface area contributed by atoms with E-state index in [4.69, 9.17) is 21.1 Å². The van der Waals surface area contributed by atoms with Gasteiger partial charge in [-0.1, -0.05) is 11.6 Å². The lowest BCUT2D eigenvalue weighted by Gasteiger charge is -2.17. The van der Waals surface area contributed by atoms with Crippen molar-refractivity contribution in [2.24, 2.45) is 0 Å². The van der Waals surface area contributed by atoms with Crippen LogP contribution in [0.1, 0.15) is 19.2 Å². The molecule has 1 aromatic heterocycles. The van der Waals surface area contributed by atoms with Gasteiger partial charge in [-0.05, 0) is 13.3 Å². The summed E-state index contributed by atoms with van der Waals surface area (Å²) in [5, 5.41) is 3.73. The monoisotopic (exact) mass is 257 g/mol. The van der Waals surface area contributed by atoms with Gasteiger partial charge in [-0.15, -0.1) is 0 Å². The number of aromatic nitrogens is 2. The third kappa shape index (κ3) is 3.28. The minimum absolute atomic E-state index is 0.189. The normalized spacial score (nSPS) is 23.9. The zero-order valence-electron chi connectivity index (χ0n) is 9.94. The van der Waals surface area contributed by atoms with Crippen LogP contribution in [0, 0.1) is 0 Å². The molecule has 0 aliphatic carbocycles. The number of nitrogens with one attached hydrogen (secondary N) is 1. The molecule has 0 aromatic carbocycles. The smallest absolute Gasteiger partial charge is 0.158 e. The highest BCUT2D eigenvalue weighted by Crippen LogP contribution is 2.19. The first kappa shape index (κ1) is 12.5. The summed E-state index contributed by atoms with van der Waals surface area (Å²) in [6.07, 6.45) is 1.16. The Bertz CT molecular complexity index is 389. The van der Waals surface area contributed by atoms with Crippen LogP contribution in [0.3, 0.4) is 0 Å². The predicted molar refractivity (Wildman–Crippen MR) is 65.2 cm³/mol. The van der Waals surface area contributed by atoms with E-state index in [9.17, 15) is 0 Å². The zero-order chi connectivity index (χ0) is 12.3. The lowest BCUT2D eigenvalue weighted by atomic mass is 10.1. The van der Waals surface area contributed by atoms with Crippen LogP contribution in [0.4, 0.5) is 5.82 Å². The quantitative estimate of drug-likeness (QED) is 0.835. The number of hydrogen-bond acceptors (Lipinski definition) is 5. The summed E-state index contributed by atoms with van der Waals surface area (Å²) in [5.41, 5.74) is 0. The molecular weight excluding hydrogens is 242 g/mol. The van der Waals surface area contributed by atoms with Crippen molar-refractivity contribution >= 4 is 17.4 Å². The van der Waals surface area contributed by atoms with Crippen LogP contribution in [-0.4, -0.2) is 35.8 Å². The van der Waals surface area contributed by atoms with Crippen LogP contribution in [0.25, 0.3) is 0 Å². The molecule has 1 saturated heterocycles. The van der Waals surface area contributed by atoms with E-state index in [1.54, 1.807) is 13.2 Å². The van der Waals surface area contributed by atoms with E-state index >= 15 is 0 Å². The van der Waals surface area contributed by atoms with Gasteiger partial charge in [0.05, 0.1) is 12.1 Å². The maximum absolute atomic E-state index is 5.93. The van der Waals surface area contributed by atoms with E-state index in [2.05, 4.69) is 15.3 Å². The van der Waals surface area contributed by atoms with E-state index in [1.807, 2.05) is 6.92 Å². The Morgan fingerprint density at radius 2 is 2.41 bits per heavy atom. The molecule has 2 rings (SSSR count). The van der Waals surface area contributed by atoms with Gasteiger partial charge in [-0.3, -0.25) is 0 Å². The van der Waals surface area contributed by atoms with Gasteiger partial charge in [0.15, 0.2) is 5.82 Å². The standard InChI is InChI=1S/C11H16ClN3O2/c1-7-8(3-4-17-7)13-10-5-9(12)14-11(15-10)6-16-2/h5,7-8H,3-4,6H2,1-2H3,(H,13,14,15). The molecule has 17 heavy (non-hydrogen) atoms. The number of hydrogen-bond donors (Lipinski definition) is 1. The minimum atomic E-state index is 0.189. The molecule has 1 aromatic rings. The molecule has 5 nitrogen and oxygen atoms in total. The summed E-state index contributed by atoms with van der Waals surface area (Å²) in [6, 6.07) is 1.99. The second-order valence-electron chi connectivity index (χ2n) is 4.04. The predicted octanol–water partition coefficient (Wildman–Crippen LogP) is 1.87. The van der Waals surface area contributed by atoms with Gasteiger partial charge < -0.3 is 14.8 Å². The number of halogens is 1. The fraction of sp³-hybridized carbons (Fsp3) is 0.636. The van der Waals surface area contributed by atoms with Crippen molar-refractivity contribution in [3.8, 4) is 0 Å². The first-order chi connectivity index (χ1) is 8.19. The Morgan fingerprint density at radius 1 is 1.59 bits per heavy atom. The number of anilines is 1. The molecule has 1 N–H and O–H groups in total. The molecule has 0 saturated carbocycles. The van der Waals surface area contributed by atoms with Crippen molar-refractivity contribution in [2.45, 2.75) is 32.1 Å². The highest BCUT2D eigenvalue weighted by molar-refractivity contribution is 6.29. The molecular formula is C11H16ClN3O2. The molecule has 0 radical (unpaired) electrons. The van der Waals surface area contributed by atoms with Crippen molar-refractivity contribution in [1.82, 2.24) is 9.97 Å². The largest absolute Gasteiger partial charge is 0.377 e.